The lowest BCUT2D eigenvalue weighted by molar-refractivity contribution is 0.0692. The Morgan fingerprint density at radius 1 is 1.25 bits per heavy atom. The molecule has 0 saturated carbocycles. The van der Waals surface area contributed by atoms with Crippen LogP contribution in [0.5, 0.6) is 0 Å². The van der Waals surface area contributed by atoms with Crippen LogP contribution < -0.4 is 5.32 Å². The van der Waals surface area contributed by atoms with Crippen molar-refractivity contribution in [2.75, 3.05) is 5.32 Å². The maximum absolute atomic E-state index is 12.2. The van der Waals surface area contributed by atoms with Gasteiger partial charge in [-0.2, -0.15) is 0 Å². The first kappa shape index (κ1) is 14.1. The number of halogens is 1. The van der Waals surface area contributed by atoms with E-state index in [4.69, 9.17) is 16.7 Å². The summed E-state index contributed by atoms with van der Waals surface area (Å²) in [5.74, 6) is -1.53. The van der Waals surface area contributed by atoms with Crippen molar-refractivity contribution >= 4 is 29.2 Å². The zero-order valence-electron chi connectivity index (χ0n) is 11.0. The number of anilines is 1. The molecular weight excluding hydrogens is 280 g/mol. The molecule has 1 heterocycles. The molecule has 0 spiro atoms. The normalized spacial score (nSPS) is 10.3. The standard InChI is InChI=1S/C14H13ClN2O3/c1-7-3-4-9(15)6-10(7)13(18)17-11-5-8(2)16-12(11)14(19)20/h3-6,16H,1-2H3,(H,17,18)(H,19,20). The third-order valence-electron chi connectivity index (χ3n) is 2.86. The average molecular weight is 293 g/mol. The van der Waals surface area contributed by atoms with E-state index in [1.165, 1.54) is 0 Å². The van der Waals surface area contributed by atoms with Crippen LogP contribution in [-0.2, 0) is 0 Å². The number of benzene rings is 1. The second-order valence-corrected chi connectivity index (χ2v) is 4.90. The van der Waals surface area contributed by atoms with Crippen molar-refractivity contribution in [2.24, 2.45) is 0 Å². The lowest BCUT2D eigenvalue weighted by Crippen LogP contribution is -2.15. The largest absolute Gasteiger partial charge is 0.477 e. The van der Waals surface area contributed by atoms with Crippen LogP contribution in [0.1, 0.15) is 32.1 Å². The number of carboxylic acids is 1. The molecule has 0 radical (unpaired) electrons. The number of hydrogen-bond acceptors (Lipinski definition) is 2. The molecule has 2 rings (SSSR count). The summed E-state index contributed by atoms with van der Waals surface area (Å²) in [5.41, 5.74) is 2.01. The molecule has 0 aliphatic carbocycles. The van der Waals surface area contributed by atoms with E-state index in [1.807, 2.05) is 0 Å². The van der Waals surface area contributed by atoms with Crippen LogP contribution in [0.3, 0.4) is 0 Å². The number of hydrogen-bond donors (Lipinski definition) is 3. The summed E-state index contributed by atoms with van der Waals surface area (Å²) in [6, 6.07) is 6.54. The Morgan fingerprint density at radius 2 is 1.95 bits per heavy atom. The first-order valence-electron chi connectivity index (χ1n) is 5.89. The molecule has 1 amide bonds. The first-order chi connectivity index (χ1) is 9.38. The second kappa shape index (κ2) is 5.38. The molecule has 104 valence electrons. The number of nitrogens with one attached hydrogen (secondary N) is 2. The van der Waals surface area contributed by atoms with Gasteiger partial charge in [-0.3, -0.25) is 4.79 Å². The number of aromatic nitrogens is 1. The zero-order chi connectivity index (χ0) is 14.9. The van der Waals surface area contributed by atoms with E-state index in [-0.39, 0.29) is 11.4 Å². The minimum absolute atomic E-state index is 0.0458. The third kappa shape index (κ3) is 2.83. The minimum Gasteiger partial charge on any atom is -0.477 e. The van der Waals surface area contributed by atoms with Crippen molar-refractivity contribution in [3.8, 4) is 0 Å². The molecule has 6 heteroatoms. The number of aryl methyl sites for hydroxylation is 2. The molecule has 0 bridgehead atoms. The van der Waals surface area contributed by atoms with E-state index in [0.29, 0.717) is 16.3 Å². The lowest BCUT2D eigenvalue weighted by Gasteiger charge is -2.07. The summed E-state index contributed by atoms with van der Waals surface area (Å²) in [6.07, 6.45) is 0. The molecule has 0 aliphatic rings. The summed E-state index contributed by atoms with van der Waals surface area (Å²) >= 11 is 5.87. The Kier molecular flexibility index (Phi) is 3.81. The predicted octanol–water partition coefficient (Wildman–Crippen LogP) is 3.24. The Balaban J connectivity index is 2.32. The number of carboxylic acid groups (broad SMARTS) is 1. The van der Waals surface area contributed by atoms with Gasteiger partial charge in [0.1, 0.15) is 5.69 Å². The number of aromatic carboxylic acids is 1. The molecule has 1 aromatic carbocycles. The van der Waals surface area contributed by atoms with Crippen LogP contribution in [0.4, 0.5) is 5.69 Å². The molecule has 20 heavy (non-hydrogen) atoms. The van der Waals surface area contributed by atoms with Crippen molar-refractivity contribution in [2.45, 2.75) is 13.8 Å². The Hall–Kier alpha value is -2.27. The summed E-state index contributed by atoms with van der Waals surface area (Å²) in [7, 11) is 0. The molecule has 0 unspecified atom stereocenters. The number of carbonyl (C=O) groups is 2. The fourth-order valence-corrected chi connectivity index (χ4v) is 2.06. The van der Waals surface area contributed by atoms with Gasteiger partial charge >= 0.3 is 5.97 Å². The Morgan fingerprint density at radius 3 is 2.60 bits per heavy atom. The highest BCUT2D eigenvalue weighted by molar-refractivity contribution is 6.31. The smallest absolute Gasteiger partial charge is 0.354 e. The van der Waals surface area contributed by atoms with Crippen LogP contribution in [0.15, 0.2) is 24.3 Å². The van der Waals surface area contributed by atoms with Gasteiger partial charge in [-0.05, 0) is 37.6 Å². The SMILES string of the molecule is Cc1cc(NC(=O)c2cc(Cl)ccc2C)c(C(=O)O)[nH]1. The first-order valence-corrected chi connectivity index (χ1v) is 6.26. The summed E-state index contributed by atoms with van der Waals surface area (Å²) in [6.45, 7) is 3.50. The highest BCUT2D eigenvalue weighted by Gasteiger charge is 2.17. The van der Waals surface area contributed by atoms with Crippen LogP contribution in [-0.4, -0.2) is 22.0 Å². The topological polar surface area (TPSA) is 82.2 Å². The highest BCUT2D eigenvalue weighted by atomic mass is 35.5. The molecule has 0 saturated heterocycles. The van der Waals surface area contributed by atoms with Crippen molar-refractivity contribution in [1.29, 1.82) is 0 Å². The zero-order valence-corrected chi connectivity index (χ0v) is 11.7. The van der Waals surface area contributed by atoms with Gasteiger partial charge in [-0.25, -0.2) is 4.79 Å². The van der Waals surface area contributed by atoms with E-state index < -0.39 is 11.9 Å². The number of carbonyl (C=O) groups excluding carboxylic acids is 1. The van der Waals surface area contributed by atoms with E-state index in [9.17, 15) is 9.59 Å². The fraction of sp³-hybridized carbons (Fsp3) is 0.143. The summed E-state index contributed by atoms with van der Waals surface area (Å²) in [5, 5.41) is 12.1. The van der Waals surface area contributed by atoms with Gasteiger partial charge in [-0.15, -0.1) is 0 Å². The number of amides is 1. The molecule has 1 aromatic heterocycles. The lowest BCUT2D eigenvalue weighted by atomic mass is 10.1. The van der Waals surface area contributed by atoms with Crippen LogP contribution in [0.25, 0.3) is 0 Å². The van der Waals surface area contributed by atoms with Crippen molar-refractivity contribution in [1.82, 2.24) is 4.98 Å². The van der Waals surface area contributed by atoms with Gasteiger partial charge in [0.05, 0.1) is 5.69 Å². The van der Waals surface area contributed by atoms with Crippen molar-refractivity contribution in [3.63, 3.8) is 0 Å². The van der Waals surface area contributed by atoms with Gasteiger partial charge in [0.2, 0.25) is 0 Å². The maximum Gasteiger partial charge on any atom is 0.354 e. The maximum atomic E-state index is 12.2. The number of H-pyrrole nitrogens is 1. The van der Waals surface area contributed by atoms with Crippen molar-refractivity contribution in [3.05, 3.63) is 51.8 Å². The Bertz CT molecular complexity index is 692. The van der Waals surface area contributed by atoms with E-state index in [0.717, 1.165) is 5.56 Å². The highest BCUT2D eigenvalue weighted by Crippen LogP contribution is 2.20. The molecule has 2 aromatic rings. The van der Waals surface area contributed by atoms with Gasteiger partial charge in [-0.1, -0.05) is 17.7 Å². The third-order valence-corrected chi connectivity index (χ3v) is 3.09. The van der Waals surface area contributed by atoms with Crippen LogP contribution in [0, 0.1) is 13.8 Å². The van der Waals surface area contributed by atoms with Crippen molar-refractivity contribution < 1.29 is 14.7 Å². The summed E-state index contributed by atoms with van der Waals surface area (Å²) < 4.78 is 0. The minimum atomic E-state index is -1.13. The quantitative estimate of drug-likeness (QED) is 0.812. The fourth-order valence-electron chi connectivity index (χ4n) is 1.89. The average Bonchev–Trinajstić information content (AvgIpc) is 2.73. The number of aromatic amines is 1. The van der Waals surface area contributed by atoms with E-state index in [1.54, 1.807) is 38.1 Å². The van der Waals surface area contributed by atoms with Crippen LogP contribution in [0.2, 0.25) is 5.02 Å². The monoisotopic (exact) mass is 292 g/mol. The number of rotatable bonds is 3. The molecule has 0 atom stereocenters. The van der Waals surface area contributed by atoms with Gasteiger partial charge in [0.15, 0.2) is 0 Å². The van der Waals surface area contributed by atoms with E-state index in [2.05, 4.69) is 10.3 Å². The Labute approximate surface area is 120 Å². The van der Waals surface area contributed by atoms with E-state index >= 15 is 0 Å². The summed E-state index contributed by atoms with van der Waals surface area (Å²) in [4.78, 5) is 26.0. The molecule has 5 nitrogen and oxygen atoms in total. The molecule has 3 N–H and O–H groups in total. The predicted molar refractivity (Wildman–Crippen MR) is 76.6 cm³/mol. The molecule has 0 fully saturated rings. The second-order valence-electron chi connectivity index (χ2n) is 4.46. The van der Waals surface area contributed by atoms with Gasteiger partial charge in [0.25, 0.3) is 5.91 Å². The molecule has 0 aliphatic heterocycles. The van der Waals surface area contributed by atoms with Gasteiger partial charge in [0, 0.05) is 16.3 Å². The molecular formula is C14H13ClN2O3. The van der Waals surface area contributed by atoms with Crippen LogP contribution >= 0.6 is 11.6 Å². The van der Waals surface area contributed by atoms with Gasteiger partial charge < -0.3 is 15.4 Å².